The minimum Gasteiger partial charge on any atom is -0.444 e. The minimum atomic E-state index is -0.899. The van der Waals surface area contributed by atoms with Crippen LogP contribution in [0, 0.1) is 27.4 Å². The van der Waals surface area contributed by atoms with Crippen LogP contribution in [0.3, 0.4) is 0 Å². The number of rotatable bonds is 4. The summed E-state index contributed by atoms with van der Waals surface area (Å²) >= 11 is 0. The first kappa shape index (κ1) is 16.7. The highest BCUT2D eigenvalue weighted by atomic mass is 16.6. The first-order chi connectivity index (χ1) is 10.9. The summed E-state index contributed by atoms with van der Waals surface area (Å²) in [4.78, 5) is 24.8. The third-order valence-electron chi connectivity index (χ3n) is 3.87. The van der Waals surface area contributed by atoms with Gasteiger partial charge in [0.2, 0.25) is 0 Å². The predicted octanol–water partition coefficient (Wildman–Crippen LogP) is 2.90. The maximum Gasteiger partial charge on any atom is 0.339 e. The van der Waals surface area contributed by atoms with Crippen LogP contribution in [-0.4, -0.2) is 30.1 Å². The number of nitro groups is 1. The van der Waals surface area contributed by atoms with Gasteiger partial charge in [-0.1, -0.05) is 6.92 Å². The molecule has 122 valence electrons. The molecule has 0 unspecified atom stereocenters. The molecule has 1 aromatic carbocycles. The molecule has 2 atom stereocenters. The number of nitro benzene ring substituents is 1. The Labute approximate surface area is 134 Å². The van der Waals surface area contributed by atoms with E-state index in [2.05, 4.69) is 6.92 Å². The molecular formula is C16H19N3O4. The number of anilines is 1. The van der Waals surface area contributed by atoms with Crippen LogP contribution in [0.4, 0.5) is 11.4 Å². The standard InChI is InChI=1S/C16H19N3O4/c1-11-4-3-7-18(10-11)14-6-5-13(8-15(14)19(21)22)16(20)23-12(2)9-17/h5-6,8,11-12H,3-4,7,10H2,1-2H3/t11-,12+/m1/s1. The summed E-state index contributed by atoms with van der Waals surface area (Å²) in [7, 11) is 0. The molecular weight excluding hydrogens is 298 g/mol. The number of nitrogens with zero attached hydrogens (tertiary/aromatic N) is 3. The Morgan fingerprint density at radius 3 is 2.91 bits per heavy atom. The SMILES string of the molecule is C[C@@H]1CCCN(c2ccc(C(=O)O[C@@H](C)C#N)cc2[N+](=O)[O-])C1. The lowest BCUT2D eigenvalue weighted by Gasteiger charge is -2.32. The lowest BCUT2D eigenvalue weighted by atomic mass is 9.99. The second-order valence-corrected chi connectivity index (χ2v) is 5.83. The fourth-order valence-corrected chi connectivity index (χ4v) is 2.73. The molecule has 7 heteroatoms. The molecule has 0 amide bonds. The van der Waals surface area contributed by atoms with Gasteiger partial charge >= 0.3 is 5.97 Å². The van der Waals surface area contributed by atoms with Crippen molar-refractivity contribution in [3.8, 4) is 6.07 Å². The van der Waals surface area contributed by atoms with Gasteiger partial charge in [0.25, 0.3) is 5.69 Å². The van der Waals surface area contributed by atoms with Crippen molar-refractivity contribution in [1.82, 2.24) is 0 Å². The molecule has 1 fully saturated rings. The number of benzene rings is 1. The summed E-state index contributed by atoms with van der Waals surface area (Å²) in [6.45, 7) is 5.08. The Hall–Kier alpha value is -2.62. The summed E-state index contributed by atoms with van der Waals surface area (Å²) in [6, 6.07) is 6.10. The second kappa shape index (κ2) is 7.09. The molecule has 1 saturated heterocycles. The molecule has 1 aromatic rings. The molecule has 23 heavy (non-hydrogen) atoms. The fraction of sp³-hybridized carbons (Fsp3) is 0.500. The van der Waals surface area contributed by atoms with Gasteiger partial charge in [-0.15, -0.1) is 0 Å². The monoisotopic (exact) mass is 317 g/mol. The summed E-state index contributed by atoms with van der Waals surface area (Å²) in [6.07, 6.45) is 1.20. The predicted molar refractivity (Wildman–Crippen MR) is 84.2 cm³/mol. The molecule has 1 aliphatic rings. The van der Waals surface area contributed by atoms with E-state index in [4.69, 9.17) is 10.00 Å². The maximum absolute atomic E-state index is 11.9. The number of nitriles is 1. The fourth-order valence-electron chi connectivity index (χ4n) is 2.73. The Balaban J connectivity index is 2.30. The molecule has 0 radical (unpaired) electrons. The van der Waals surface area contributed by atoms with Gasteiger partial charge in [-0.3, -0.25) is 10.1 Å². The zero-order chi connectivity index (χ0) is 17.0. The molecule has 1 aliphatic heterocycles. The summed E-state index contributed by atoms with van der Waals surface area (Å²) in [5.74, 6) is -0.259. The minimum absolute atomic E-state index is 0.0765. The molecule has 0 spiro atoms. The topological polar surface area (TPSA) is 96.5 Å². The van der Waals surface area contributed by atoms with Crippen LogP contribution in [0.25, 0.3) is 0 Å². The molecule has 1 heterocycles. The number of carbonyl (C=O) groups is 1. The quantitative estimate of drug-likeness (QED) is 0.481. The van der Waals surface area contributed by atoms with Gasteiger partial charge in [-0.05, 0) is 37.8 Å². The Morgan fingerprint density at radius 1 is 1.57 bits per heavy atom. The van der Waals surface area contributed by atoms with Crippen LogP contribution in [0.15, 0.2) is 18.2 Å². The third kappa shape index (κ3) is 3.97. The van der Waals surface area contributed by atoms with Gasteiger partial charge in [0.05, 0.1) is 10.5 Å². The average molecular weight is 317 g/mol. The molecule has 0 aromatic heterocycles. The number of carbonyl (C=O) groups excluding carboxylic acids is 1. The highest BCUT2D eigenvalue weighted by molar-refractivity contribution is 5.91. The van der Waals surface area contributed by atoms with Crippen molar-refractivity contribution >= 4 is 17.3 Å². The number of piperidine rings is 1. The van der Waals surface area contributed by atoms with E-state index in [1.807, 2.05) is 4.90 Å². The zero-order valence-electron chi connectivity index (χ0n) is 13.2. The molecule has 2 rings (SSSR count). The van der Waals surface area contributed by atoms with Gasteiger partial charge in [0.15, 0.2) is 6.10 Å². The van der Waals surface area contributed by atoms with E-state index in [0.717, 1.165) is 25.9 Å². The van der Waals surface area contributed by atoms with E-state index in [-0.39, 0.29) is 11.3 Å². The van der Waals surface area contributed by atoms with E-state index in [1.165, 1.54) is 19.1 Å². The zero-order valence-corrected chi connectivity index (χ0v) is 13.2. The number of esters is 1. The van der Waals surface area contributed by atoms with Crippen LogP contribution in [0.1, 0.15) is 37.0 Å². The number of ether oxygens (including phenoxy) is 1. The summed E-state index contributed by atoms with van der Waals surface area (Å²) < 4.78 is 4.89. The van der Waals surface area contributed by atoms with Gasteiger partial charge in [0.1, 0.15) is 11.8 Å². The first-order valence-corrected chi connectivity index (χ1v) is 7.56. The normalized spacial score (nSPS) is 18.8. The smallest absolute Gasteiger partial charge is 0.339 e. The van der Waals surface area contributed by atoms with E-state index in [1.54, 1.807) is 12.1 Å². The van der Waals surface area contributed by atoms with Gasteiger partial charge in [-0.25, -0.2) is 4.79 Å². The molecule has 0 N–H and O–H groups in total. The number of hydrogen-bond donors (Lipinski definition) is 0. The van der Waals surface area contributed by atoms with Gasteiger partial charge in [-0.2, -0.15) is 5.26 Å². The molecule has 0 bridgehead atoms. The van der Waals surface area contributed by atoms with E-state index < -0.39 is 17.0 Å². The van der Waals surface area contributed by atoms with E-state index in [9.17, 15) is 14.9 Å². The lowest BCUT2D eigenvalue weighted by Crippen LogP contribution is -2.34. The lowest BCUT2D eigenvalue weighted by molar-refractivity contribution is -0.384. The van der Waals surface area contributed by atoms with E-state index in [0.29, 0.717) is 11.6 Å². The van der Waals surface area contributed by atoms with Crippen molar-refractivity contribution < 1.29 is 14.5 Å². The van der Waals surface area contributed by atoms with Crippen LogP contribution >= 0.6 is 0 Å². The van der Waals surface area contributed by atoms with Crippen LogP contribution in [0.5, 0.6) is 0 Å². The van der Waals surface area contributed by atoms with E-state index >= 15 is 0 Å². The first-order valence-electron chi connectivity index (χ1n) is 7.56. The van der Waals surface area contributed by atoms with Crippen molar-refractivity contribution in [2.75, 3.05) is 18.0 Å². The number of hydrogen-bond acceptors (Lipinski definition) is 6. The van der Waals surface area contributed by atoms with Crippen molar-refractivity contribution in [1.29, 1.82) is 5.26 Å². The van der Waals surface area contributed by atoms with Crippen molar-refractivity contribution in [2.45, 2.75) is 32.8 Å². The van der Waals surface area contributed by atoms with Gasteiger partial charge in [0, 0.05) is 19.2 Å². The van der Waals surface area contributed by atoms with Crippen LogP contribution in [-0.2, 0) is 4.74 Å². The molecule has 0 aliphatic carbocycles. The highest BCUT2D eigenvalue weighted by Crippen LogP contribution is 2.32. The largest absolute Gasteiger partial charge is 0.444 e. The van der Waals surface area contributed by atoms with Crippen molar-refractivity contribution in [3.05, 3.63) is 33.9 Å². The van der Waals surface area contributed by atoms with Crippen LogP contribution < -0.4 is 4.90 Å². The average Bonchev–Trinajstić information content (AvgIpc) is 2.54. The van der Waals surface area contributed by atoms with Crippen molar-refractivity contribution in [2.24, 2.45) is 5.92 Å². The molecule has 7 nitrogen and oxygen atoms in total. The second-order valence-electron chi connectivity index (χ2n) is 5.83. The Bertz CT molecular complexity index is 653. The Morgan fingerprint density at radius 2 is 2.30 bits per heavy atom. The van der Waals surface area contributed by atoms with Crippen molar-refractivity contribution in [3.63, 3.8) is 0 Å². The summed E-state index contributed by atoms with van der Waals surface area (Å²) in [5.41, 5.74) is 0.484. The Kier molecular flexibility index (Phi) is 5.16. The molecule has 0 saturated carbocycles. The third-order valence-corrected chi connectivity index (χ3v) is 3.87. The summed E-state index contributed by atoms with van der Waals surface area (Å²) in [5, 5.41) is 20.0. The maximum atomic E-state index is 11.9. The van der Waals surface area contributed by atoms with Crippen LogP contribution in [0.2, 0.25) is 0 Å². The highest BCUT2D eigenvalue weighted by Gasteiger charge is 2.25. The van der Waals surface area contributed by atoms with Gasteiger partial charge < -0.3 is 9.64 Å².